The maximum atomic E-state index is 13.5. The minimum absolute atomic E-state index is 0.0192. The van der Waals surface area contributed by atoms with Crippen molar-refractivity contribution in [1.82, 2.24) is 19.1 Å². The molecular formula is C21H25FN6O3S. The number of pyridine rings is 2. The molecule has 0 aliphatic carbocycles. The number of fused-ring (bicyclic) bond motifs is 1. The molecule has 170 valence electrons. The molecule has 0 saturated carbocycles. The molecule has 0 saturated heterocycles. The summed E-state index contributed by atoms with van der Waals surface area (Å²) in [5.74, 6) is 0.437. The van der Waals surface area contributed by atoms with Crippen molar-refractivity contribution in [3.8, 4) is 23.3 Å². The topological polar surface area (TPSA) is 127 Å². The zero-order chi connectivity index (χ0) is 23.8. The molecule has 3 heterocycles. The smallest absolute Gasteiger partial charge is 0.277 e. The molecule has 3 rings (SSSR count). The van der Waals surface area contributed by atoms with Crippen molar-refractivity contribution >= 4 is 20.8 Å². The molecule has 1 unspecified atom stereocenters. The number of nitriles is 1. The summed E-state index contributed by atoms with van der Waals surface area (Å²) in [6.45, 7) is 6.01. The number of ether oxygens (including phenoxy) is 1. The number of hydrogen-bond donors (Lipinski definition) is 1. The summed E-state index contributed by atoms with van der Waals surface area (Å²) in [5.41, 5.74) is -0.623. The van der Waals surface area contributed by atoms with Crippen LogP contribution >= 0.6 is 0 Å². The summed E-state index contributed by atoms with van der Waals surface area (Å²) < 4.78 is 43.4. The van der Waals surface area contributed by atoms with Crippen molar-refractivity contribution in [3.05, 3.63) is 34.4 Å². The number of aryl methyl sites for hydroxylation is 1. The van der Waals surface area contributed by atoms with E-state index < -0.39 is 27.6 Å². The molecular weight excluding hydrogens is 435 g/mol. The fraction of sp³-hybridized carbons (Fsp3) is 0.429. The predicted molar refractivity (Wildman–Crippen MR) is 119 cm³/mol. The number of alkyl halides is 1. The maximum Gasteiger partial charge on any atom is 0.277 e. The Labute approximate surface area is 185 Å². The molecule has 0 aliphatic heterocycles. The molecule has 0 bridgehead atoms. The minimum Gasteiger partial charge on any atom is -0.471 e. The molecule has 0 aliphatic rings. The second-order valence-corrected chi connectivity index (χ2v) is 10.1. The molecule has 0 fully saturated rings. The molecule has 1 atom stereocenters. The van der Waals surface area contributed by atoms with Gasteiger partial charge >= 0.3 is 0 Å². The van der Waals surface area contributed by atoms with Gasteiger partial charge in [-0.25, -0.2) is 23.3 Å². The third-order valence-corrected chi connectivity index (χ3v) is 6.95. The van der Waals surface area contributed by atoms with Crippen LogP contribution in [0, 0.1) is 16.1 Å². The Morgan fingerprint density at radius 2 is 2.03 bits per heavy atom. The third kappa shape index (κ3) is 3.98. The molecule has 11 heteroatoms. The molecule has 32 heavy (non-hydrogen) atoms. The Kier molecular flexibility index (Phi) is 6.11. The highest BCUT2D eigenvalue weighted by atomic mass is 32.2. The molecule has 3 aromatic rings. The van der Waals surface area contributed by atoms with Crippen LogP contribution < -0.4 is 10.3 Å². The molecule has 0 radical (unpaired) electrons. The Morgan fingerprint density at radius 1 is 1.34 bits per heavy atom. The first-order valence-electron chi connectivity index (χ1n) is 10.0. The highest BCUT2D eigenvalue weighted by Crippen LogP contribution is 2.31. The second kappa shape index (κ2) is 8.35. The lowest BCUT2D eigenvalue weighted by molar-refractivity contribution is 0.169. The summed E-state index contributed by atoms with van der Waals surface area (Å²) >= 11 is 0. The number of aromatic nitrogens is 4. The molecule has 3 aromatic heterocycles. The van der Waals surface area contributed by atoms with Gasteiger partial charge in [-0.2, -0.15) is 5.26 Å². The van der Waals surface area contributed by atoms with Crippen molar-refractivity contribution in [3.63, 3.8) is 0 Å². The van der Waals surface area contributed by atoms with Gasteiger partial charge in [-0.05, 0) is 26.8 Å². The van der Waals surface area contributed by atoms with Crippen LogP contribution in [-0.2, 0) is 30.0 Å². The van der Waals surface area contributed by atoms with Crippen molar-refractivity contribution in [2.75, 3.05) is 5.75 Å². The van der Waals surface area contributed by atoms with E-state index in [-0.39, 0.29) is 44.6 Å². The normalized spacial score (nSPS) is 13.7. The van der Waals surface area contributed by atoms with Crippen LogP contribution in [-0.4, -0.2) is 34.7 Å². The van der Waals surface area contributed by atoms with E-state index in [9.17, 15) is 18.7 Å². The van der Waals surface area contributed by atoms with Crippen molar-refractivity contribution < 1.29 is 13.3 Å². The van der Waals surface area contributed by atoms with E-state index in [1.165, 1.54) is 27.5 Å². The van der Waals surface area contributed by atoms with E-state index in [2.05, 4.69) is 9.97 Å². The average molecular weight is 461 g/mol. The summed E-state index contributed by atoms with van der Waals surface area (Å²) in [4.78, 5) is 21.9. The van der Waals surface area contributed by atoms with E-state index in [0.29, 0.717) is 6.54 Å². The highest BCUT2D eigenvalue weighted by molar-refractivity contribution is 7.92. The quantitative estimate of drug-likeness (QED) is 0.576. The zero-order valence-corrected chi connectivity index (χ0v) is 19.4. The highest BCUT2D eigenvalue weighted by Gasteiger charge is 2.25. The van der Waals surface area contributed by atoms with Gasteiger partial charge in [0.1, 0.15) is 29.7 Å². The van der Waals surface area contributed by atoms with E-state index >= 15 is 0 Å². The maximum absolute atomic E-state index is 13.5. The van der Waals surface area contributed by atoms with Crippen LogP contribution in [0.15, 0.2) is 28.0 Å². The molecule has 1 N–H and O–H groups in total. The lowest BCUT2D eigenvalue weighted by atomic mass is 10.2. The van der Waals surface area contributed by atoms with Crippen LogP contribution in [0.2, 0.25) is 0 Å². The largest absolute Gasteiger partial charge is 0.471 e. The molecule has 0 amide bonds. The first-order valence-corrected chi connectivity index (χ1v) is 11.7. The summed E-state index contributed by atoms with van der Waals surface area (Å²) in [7, 11) is -1.66. The number of nitrogens with zero attached hydrogens (tertiary/aromatic N) is 5. The van der Waals surface area contributed by atoms with Gasteiger partial charge in [0.2, 0.25) is 0 Å². The lowest BCUT2D eigenvalue weighted by Gasteiger charge is -2.19. The molecule has 9 nitrogen and oxygen atoms in total. The first-order chi connectivity index (χ1) is 15.0. The third-order valence-electron chi connectivity index (χ3n) is 5.12. The fourth-order valence-electron chi connectivity index (χ4n) is 3.41. The lowest BCUT2D eigenvalue weighted by Crippen LogP contribution is -2.25. The van der Waals surface area contributed by atoms with Gasteiger partial charge in [0.15, 0.2) is 11.4 Å². The summed E-state index contributed by atoms with van der Waals surface area (Å²) in [5, 5.41) is 9.23. The van der Waals surface area contributed by atoms with Crippen molar-refractivity contribution in [1.29, 1.82) is 10.0 Å². The van der Waals surface area contributed by atoms with Gasteiger partial charge in [-0.1, -0.05) is 6.92 Å². The Hall–Kier alpha value is -3.26. The SMILES string of the molecule is CCn1c(CF)cc2nc(-c3ncc(OC(C)(C)C#N)cc3S(=N)(=O)CC)n(C)c2c1=O. The van der Waals surface area contributed by atoms with Crippen molar-refractivity contribution in [2.45, 2.75) is 51.4 Å². The van der Waals surface area contributed by atoms with Crippen LogP contribution in [0.5, 0.6) is 5.75 Å². The Bertz CT molecular complexity index is 1400. The number of hydrogen-bond acceptors (Lipinski definition) is 7. The van der Waals surface area contributed by atoms with E-state index in [4.69, 9.17) is 9.52 Å². The predicted octanol–water partition coefficient (Wildman–Crippen LogP) is 3.39. The standard InChI is InChI=1S/C21H25FN6O3S/c1-6-28-13(10-22)8-15-18(20(28)29)27(5)19(26-15)17-16(32(24,30)7-2)9-14(11-25-17)31-21(3,4)12-23/h8-9,11,24H,6-7,10H2,1-5H3. The van der Waals surface area contributed by atoms with Crippen LogP contribution in [0.4, 0.5) is 4.39 Å². The van der Waals surface area contributed by atoms with Gasteiger partial charge in [-0.3, -0.25) is 4.79 Å². The number of rotatable bonds is 7. The average Bonchev–Trinajstić information content (AvgIpc) is 3.09. The molecule has 0 aromatic carbocycles. The van der Waals surface area contributed by atoms with Gasteiger partial charge in [0, 0.05) is 25.4 Å². The van der Waals surface area contributed by atoms with Gasteiger partial charge in [-0.15, -0.1) is 0 Å². The Balaban J connectivity index is 2.32. The number of halogens is 1. The number of imidazole rings is 1. The summed E-state index contributed by atoms with van der Waals surface area (Å²) in [6.07, 6.45) is 1.36. The van der Waals surface area contributed by atoms with Crippen LogP contribution in [0.3, 0.4) is 0 Å². The van der Waals surface area contributed by atoms with E-state index in [1.807, 2.05) is 6.07 Å². The zero-order valence-electron chi connectivity index (χ0n) is 18.6. The van der Waals surface area contributed by atoms with E-state index in [1.54, 1.807) is 34.7 Å². The Morgan fingerprint density at radius 3 is 2.59 bits per heavy atom. The first kappa shape index (κ1) is 23.4. The van der Waals surface area contributed by atoms with Gasteiger partial charge < -0.3 is 13.9 Å². The summed E-state index contributed by atoms with van der Waals surface area (Å²) in [6, 6.07) is 4.95. The molecule has 0 spiro atoms. The van der Waals surface area contributed by atoms with Gasteiger partial charge in [0.25, 0.3) is 5.56 Å². The minimum atomic E-state index is -3.27. The van der Waals surface area contributed by atoms with Crippen LogP contribution in [0.25, 0.3) is 22.6 Å². The monoisotopic (exact) mass is 460 g/mol. The van der Waals surface area contributed by atoms with E-state index in [0.717, 1.165) is 0 Å². The number of nitrogens with one attached hydrogen (secondary N) is 1. The fourth-order valence-corrected chi connectivity index (χ4v) is 4.49. The van der Waals surface area contributed by atoms with Crippen molar-refractivity contribution in [2.24, 2.45) is 7.05 Å². The van der Waals surface area contributed by atoms with Crippen LogP contribution in [0.1, 0.15) is 33.4 Å². The second-order valence-electron chi connectivity index (χ2n) is 7.75. The van der Waals surface area contributed by atoms with Gasteiger partial charge in [0.05, 0.1) is 32.0 Å².